The molecule has 1 amide bonds. The number of tetrazole rings is 1. The highest BCUT2D eigenvalue weighted by molar-refractivity contribution is 7.99. The van der Waals surface area contributed by atoms with Gasteiger partial charge < -0.3 is 4.90 Å². The Hall–Kier alpha value is -2.67. The Morgan fingerprint density at radius 2 is 1.93 bits per heavy atom. The van der Waals surface area contributed by atoms with E-state index in [1.165, 1.54) is 30.2 Å². The molecule has 3 aromatic rings. The lowest BCUT2D eigenvalue weighted by molar-refractivity contribution is -0.131. The minimum Gasteiger partial charge on any atom is -0.335 e. The van der Waals surface area contributed by atoms with Gasteiger partial charge in [0.05, 0.1) is 11.4 Å². The largest absolute Gasteiger partial charge is 0.335 e. The number of hydrogen-bond donors (Lipinski definition) is 0. The van der Waals surface area contributed by atoms with Crippen molar-refractivity contribution in [3.05, 3.63) is 65.2 Å². The molecular formula is C23H27N5OS. The lowest BCUT2D eigenvalue weighted by Crippen LogP contribution is -2.40. The number of rotatable bonds is 8. The second kappa shape index (κ2) is 9.00. The van der Waals surface area contributed by atoms with Crippen molar-refractivity contribution in [3.8, 4) is 5.69 Å². The predicted octanol–water partition coefficient (Wildman–Crippen LogP) is 4.20. The maximum Gasteiger partial charge on any atom is 0.233 e. The number of aryl methyl sites for hydroxylation is 1. The van der Waals surface area contributed by atoms with Gasteiger partial charge in [0.15, 0.2) is 0 Å². The zero-order valence-corrected chi connectivity index (χ0v) is 18.5. The predicted molar refractivity (Wildman–Crippen MR) is 119 cm³/mol. The monoisotopic (exact) mass is 421 g/mol. The molecule has 1 aromatic heterocycles. The number of aromatic nitrogens is 4. The van der Waals surface area contributed by atoms with E-state index < -0.39 is 0 Å². The molecule has 0 saturated heterocycles. The van der Waals surface area contributed by atoms with Crippen LogP contribution in [0.5, 0.6) is 0 Å². The highest BCUT2D eigenvalue weighted by Crippen LogP contribution is 2.36. The fourth-order valence-corrected chi connectivity index (χ4v) is 4.44. The Kier molecular flexibility index (Phi) is 6.18. The van der Waals surface area contributed by atoms with Crippen molar-refractivity contribution in [2.24, 2.45) is 5.92 Å². The van der Waals surface area contributed by atoms with Crippen LogP contribution >= 0.6 is 11.8 Å². The first-order valence-electron chi connectivity index (χ1n) is 10.4. The minimum absolute atomic E-state index is 0.124. The molecule has 1 saturated carbocycles. The average molecular weight is 422 g/mol. The molecule has 156 valence electrons. The Morgan fingerprint density at radius 1 is 1.17 bits per heavy atom. The van der Waals surface area contributed by atoms with Gasteiger partial charge in [-0.2, -0.15) is 4.68 Å². The first-order valence-corrected chi connectivity index (χ1v) is 11.3. The van der Waals surface area contributed by atoms with Crippen molar-refractivity contribution in [1.82, 2.24) is 25.1 Å². The van der Waals surface area contributed by atoms with Gasteiger partial charge in [0.1, 0.15) is 0 Å². The molecule has 0 N–H and O–H groups in total. The summed E-state index contributed by atoms with van der Waals surface area (Å²) in [5.74, 6) is 1.05. The Labute approximate surface area is 181 Å². The molecule has 7 heteroatoms. The van der Waals surface area contributed by atoms with Gasteiger partial charge in [-0.25, -0.2) is 0 Å². The van der Waals surface area contributed by atoms with Crippen LogP contribution in [0.4, 0.5) is 0 Å². The first-order chi connectivity index (χ1) is 14.5. The Balaban J connectivity index is 1.49. The molecule has 0 bridgehead atoms. The van der Waals surface area contributed by atoms with Crippen molar-refractivity contribution in [2.75, 3.05) is 5.75 Å². The van der Waals surface area contributed by atoms with E-state index in [1.807, 2.05) is 35.2 Å². The summed E-state index contributed by atoms with van der Waals surface area (Å²) < 4.78 is 1.73. The molecule has 6 nitrogen and oxygen atoms in total. The zero-order valence-electron chi connectivity index (χ0n) is 17.7. The van der Waals surface area contributed by atoms with E-state index in [-0.39, 0.29) is 11.9 Å². The van der Waals surface area contributed by atoms with Gasteiger partial charge in [0.2, 0.25) is 11.1 Å². The summed E-state index contributed by atoms with van der Waals surface area (Å²) in [4.78, 5) is 15.2. The number of nitrogens with zero attached hydrogens (tertiary/aromatic N) is 5. The van der Waals surface area contributed by atoms with E-state index in [0.29, 0.717) is 23.4 Å². The molecule has 1 atom stereocenters. The third-order valence-corrected chi connectivity index (χ3v) is 6.79. The quantitative estimate of drug-likeness (QED) is 0.510. The molecule has 0 unspecified atom stereocenters. The van der Waals surface area contributed by atoms with Crippen molar-refractivity contribution < 1.29 is 4.79 Å². The minimum atomic E-state index is 0.124. The fraction of sp³-hybridized carbons (Fsp3) is 0.391. The van der Waals surface area contributed by atoms with Crippen LogP contribution in [0.3, 0.4) is 0 Å². The van der Waals surface area contributed by atoms with Gasteiger partial charge in [0, 0.05) is 12.6 Å². The van der Waals surface area contributed by atoms with Gasteiger partial charge in [-0.05, 0) is 72.7 Å². The van der Waals surface area contributed by atoms with Crippen molar-refractivity contribution >= 4 is 17.7 Å². The molecule has 0 radical (unpaired) electrons. The highest BCUT2D eigenvalue weighted by atomic mass is 32.2. The van der Waals surface area contributed by atoms with E-state index >= 15 is 0 Å². The third kappa shape index (κ3) is 4.56. The smallest absolute Gasteiger partial charge is 0.233 e. The van der Waals surface area contributed by atoms with Crippen molar-refractivity contribution in [3.63, 3.8) is 0 Å². The lowest BCUT2D eigenvalue weighted by Gasteiger charge is -2.29. The van der Waals surface area contributed by atoms with Crippen LogP contribution in [-0.2, 0) is 11.3 Å². The van der Waals surface area contributed by atoms with Crippen LogP contribution in [0.2, 0.25) is 0 Å². The molecular weight excluding hydrogens is 394 g/mol. The van der Waals surface area contributed by atoms with E-state index in [9.17, 15) is 4.79 Å². The number of benzene rings is 2. The van der Waals surface area contributed by atoms with E-state index in [1.54, 1.807) is 4.68 Å². The third-order valence-electron chi connectivity index (χ3n) is 5.88. The molecule has 0 aliphatic heterocycles. The van der Waals surface area contributed by atoms with Crippen LogP contribution in [0.15, 0.2) is 53.7 Å². The van der Waals surface area contributed by atoms with Gasteiger partial charge >= 0.3 is 0 Å². The lowest BCUT2D eigenvalue weighted by atomic mass is 10.1. The first kappa shape index (κ1) is 20.6. The van der Waals surface area contributed by atoms with Crippen LogP contribution in [0, 0.1) is 19.8 Å². The highest BCUT2D eigenvalue weighted by Gasteiger charge is 2.34. The van der Waals surface area contributed by atoms with Crippen LogP contribution in [0.25, 0.3) is 5.69 Å². The second-order valence-electron chi connectivity index (χ2n) is 7.97. The topological polar surface area (TPSA) is 63.9 Å². The molecule has 30 heavy (non-hydrogen) atoms. The normalized spacial score (nSPS) is 14.5. The summed E-state index contributed by atoms with van der Waals surface area (Å²) in [6.07, 6.45) is 2.41. The molecule has 1 aliphatic rings. The Bertz CT molecular complexity index is 1020. The van der Waals surface area contributed by atoms with Gasteiger partial charge in [-0.3, -0.25) is 4.79 Å². The molecule has 2 aromatic carbocycles. The molecule has 1 fully saturated rings. The summed E-state index contributed by atoms with van der Waals surface area (Å²) >= 11 is 1.40. The fourth-order valence-electron chi connectivity index (χ4n) is 3.67. The summed E-state index contributed by atoms with van der Waals surface area (Å²) in [6, 6.07) is 16.5. The van der Waals surface area contributed by atoms with Gasteiger partial charge in [-0.1, -0.05) is 54.2 Å². The summed E-state index contributed by atoms with van der Waals surface area (Å²) in [6.45, 7) is 6.94. The molecule has 0 spiro atoms. The number of amides is 1. The van der Waals surface area contributed by atoms with Crippen LogP contribution in [0.1, 0.15) is 36.5 Å². The molecule has 1 aliphatic carbocycles. The summed E-state index contributed by atoms with van der Waals surface area (Å²) in [5, 5.41) is 12.8. The van der Waals surface area contributed by atoms with Crippen LogP contribution in [-0.4, -0.2) is 42.8 Å². The zero-order chi connectivity index (χ0) is 21.1. The van der Waals surface area contributed by atoms with Gasteiger partial charge in [-0.15, -0.1) is 5.10 Å². The summed E-state index contributed by atoms with van der Waals surface area (Å²) in [7, 11) is 0. The number of hydrogen-bond acceptors (Lipinski definition) is 5. The van der Waals surface area contributed by atoms with Crippen molar-refractivity contribution in [1.29, 1.82) is 0 Å². The maximum atomic E-state index is 13.2. The average Bonchev–Trinajstić information content (AvgIpc) is 3.51. The SMILES string of the molecule is Cc1cccc(-n2nnnc2SCC(=O)N(Cc2ccccc2)[C@H](C)C2CC2)c1C. The van der Waals surface area contributed by atoms with Crippen LogP contribution < -0.4 is 0 Å². The van der Waals surface area contributed by atoms with E-state index in [4.69, 9.17) is 0 Å². The van der Waals surface area contributed by atoms with Crippen molar-refractivity contribution in [2.45, 2.75) is 51.4 Å². The number of thioether (sulfide) groups is 1. The second-order valence-corrected chi connectivity index (χ2v) is 8.91. The molecule has 4 rings (SSSR count). The van der Waals surface area contributed by atoms with E-state index in [2.05, 4.69) is 54.5 Å². The maximum absolute atomic E-state index is 13.2. The standard InChI is InChI=1S/C23H27N5OS/c1-16-8-7-11-21(17(16)2)28-23(24-25-26-28)30-15-22(29)27(18(3)20-12-13-20)14-19-9-5-4-6-10-19/h4-11,18,20H,12-15H2,1-3H3/t18-/m1/s1. The van der Waals surface area contributed by atoms with E-state index in [0.717, 1.165) is 16.8 Å². The number of carbonyl (C=O) groups excluding carboxylic acids is 1. The Morgan fingerprint density at radius 3 is 2.67 bits per heavy atom. The number of carbonyl (C=O) groups is 1. The van der Waals surface area contributed by atoms with Gasteiger partial charge in [0.25, 0.3) is 0 Å². The molecule has 1 heterocycles. The summed E-state index contributed by atoms with van der Waals surface area (Å²) in [5.41, 5.74) is 4.42.